The normalized spacial score (nSPS) is 10.6. The first-order chi connectivity index (χ1) is 7.15. The fourth-order valence-corrected chi connectivity index (χ4v) is 1.73. The zero-order chi connectivity index (χ0) is 10.8. The summed E-state index contributed by atoms with van der Waals surface area (Å²) in [6.07, 6.45) is 1.64. The third kappa shape index (κ3) is 2.53. The Balaban J connectivity index is 2.27. The van der Waals surface area contributed by atoms with Gasteiger partial charge in [-0.25, -0.2) is 14.1 Å². The molecule has 78 valence electrons. The zero-order valence-electron chi connectivity index (χ0n) is 8.11. The van der Waals surface area contributed by atoms with E-state index in [9.17, 15) is 4.39 Å². The summed E-state index contributed by atoms with van der Waals surface area (Å²) < 4.78 is 15.4. The third-order valence-corrected chi connectivity index (χ3v) is 2.65. The molecule has 0 N–H and O–H groups in total. The molecule has 1 aromatic heterocycles. The molecule has 0 fully saturated rings. The van der Waals surface area contributed by atoms with Crippen LogP contribution in [0.3, 0.4) is 0 Å². The van der Waals surface area contributed by atoms with Crippen LogP contribution in [0.4, 0.5) is 4.39 Å². The molecule has 1 aromatic carbocycles. The van der Waals surface area contributed by atoms with Crippen LogP contribution >= 0.6 is 22.6 Å². The van der Waals surface area contributed by atoms with Crippen molar-refractivity contribution in [3.8, 4) is 0 Å². The van der Waals surface area contributed by atoms with Gasteiger partial charge in [0.15, 0.2) is 0 Å². The number of halogens is 2. The Hall–Kier alpha value is -0.980. The Morgan fingerprint density at radius 1 is 1.47 bits per heavy atom. The Bertz CT molecular complexity index is 481. The predicted molar refractivity (Wildman–Crippen MR) is 63.0 cm³/mol. The van der Waals surface area contributed by atoms with Gasteiger partial charge >= 0.3 is 0 Å². The van der Waals surface area contributed by atoms with Crippen molar-refractivity contribution in [1.82, 2.24) is 14.8 Å². The first kappa shape index (κ1) is 10.5. The van der Waals surface area contributed by atoms with Crippen LogP contribution in [-0.4, -0.2) is 14.8 Å². The standard InChI is InChI=1S/C10H9FIN3/c1-7-2-3-9(11)4-8(7)5-15-6-13-10(12)14-15/h2-4,6H,5H2,1H3. The molecule has 2 rings (SSSR count). The van der Waals surface area contributed by atoms with E-state index in [1.54, 1.807) is 17.1 Å². The summed E-state index contributed by atoms with van der Waals surface area (Å²) in [4.78, 5) is 4.01. The Morgan fingerprint density at radius 2 is 2.27 bits per heavy atom. The molecule has 2 aromatic rings. The van der Waals surface area contributed by atoms with Crippen molar-refractivity contribution in [2.24, 2.45) is 0 Å². The largest absolute Gasteiger partial charge is 0.247 e. The maximum Gasteiger partial charge on any atom is 0.211 e. The highest BCUT2D eigenvalue weighted by Crippen LogP contribution is 2.11. The van der Waals surface area contributed by atoms with E-state index in [4.69, 9.17) is 0 Å². The van der Waals surface area contributed by atoms with Gasteiger partial charge in [-0.3, -0.25) is 0 Å². The van der Waals surface area contributed by atoms with Crippen LogP contribution in [0.5, 0.6) is 0 Å². The van der Waals surface area contributed by atoms with E-state index in [2.05, 4.69) is 10.1 Å². The molecule has 0 aliphatic heterocycles. The van der Waals surface area contributed by atoms with E-state index in [0.29, 0.717) is 10.4 Å². The lowest BCUT2D eigenvalue weighted by atomic mass is 10.1. The highest BCUT2D eigenvalue weighted by atomic mass is 127. The maximum absolute atomic E-state index is 13.0. The van der Waals surface area contributed by atoms with Crippen molar-refractivity contribution in [2.75, 3.05) is 0 Å². The predicted octanol–water partition coefficient (Wildman–Crippen LogP) is 2.38. The molecule has 0 atom stereocenters. The van der Waals surface area contributed by atoms with Crippen LogP contribution in [0.2, 0.25) is 0 Å². The molecule has 15 heavy (non-hydrogen) atoms. The highest BCUT2D eigenvalue weighted by Gasteiger charge is 2.03. The Morgan fingerprint density at radius 3 is 2.93 bits per heavy atom. The molecule has 0 aliphatic carbocycles. The number of rotatable bonds is 2. The quantitative estimate of drug-likeness (QED) is 0.796. The second-order valence-electron chi connectivity index (χ2n) is 3.28. The molecule has 0 aliphatic rings. The lowest BCUT2D eigenvalue weighted by Gasteiger charge is -2.05. The minimum Gasteiger partial charge on any atom is -0.247 e. The van der Waals surface area contributed by atoms with Gasteiger partial charge in [0.05, 0.1) is 6.54 Å². The topological polar surface area (TPSA) is 30.7 Å². The van der Waals surface area contributed by atoms with Gasteiger partial charge in [0, 0.05) is 22.6 Å². The number of benzene rings is 1. The number of aromatic nitrogens is 3. The molecule has 0 bridgehead atoms. The summed E-state index contributed by atoms with van der Waals surface area (Å²) in [6.45, 7) is 2.51. The van der Waals surface area contributed by atoms with E-state index in [0.717, 1.165) is 11.1 Å². The van der Waals surface area contributed by atoms with Crippen molar-refractivity contribution in [2.45, 2.75) is 13.5 Å². The number of hydrogen-bond donors (Lipinski definition) is 0. The smallest absolute Gasteiger partial charge is 0.211 e. The summed E-state index contributed by atoms with van der Waals surface area (Å²) in [5, 5.41) is 4.15. The molecule has 0 saturated carbocycles. The van der Waals surface area contributed by atoms with E-state index in [1.807, 2.05) is 29.5 Å². The van der Waals surface area contributed by atoms with Gasteiger partial charge in [0.25, 0.3) is 0 Å². The van der Waals surface area contributed by atoms with Crippen LogP contribution in [-0.2, 0) is 6.54 Å². The van der Waals surface area contributed by atoms with Gasteiger partial charge in [-0.2, -0.15) is 0 Å². The first-order valence-corrected chi connectivity index (χ1v) is 5.53. The molecule has 3 nitrogen and oxygen atoms in total. The monoisotopic (exact) mass is 317 g/mol. The Labute approximate surface area is 100 Å². The minimum atomic E-state index is -0.217. The summed E-state index contributed by atoms with van der Waals surface area (Å²) >= 11 is 2.04. The average molecular weight is 317 g/mol. The summed E-state index contributed by atoms with van der Waals surface area (Å²) in [6, 6.07) is 4.76. The van der Waals surface area contributed by atoms with Crippen molar-refractivity contribution < 1.29 is 4.39 Å². The molecule has 1 heterocycles. The van der Waals surface area contributed by atoms with Crippen LogP contribution < -0.4 is 0 Å². The average Bonchev–Trinajstić information content (AvgIpc) is 2.58. The van der Waals surface area contributed by atoms with Crippen LogP contribution in [0, 0.1) is 16.6 Å². The molecule has 0 radical (unpaired) electrons. The van der Waals surface area contributed by atoms with Crippen molar-refractivity contribution in [3.05, 3.63) is 45.3 Å². The Kier molecular flexibility index (Phi) is 2.99. The second-order valence-corrected chi connectivity index (χ2v) is 4.25. The SMILES string of the molecule is Cc1ccc(F)cc1Cn1cnc(I)n1. The van der Waals surface area contributed by atoms with E-state index < -0.39 is 0 Å². The van der Waals surface area contributed by atoms with Crippen LogP contribution in [0.15, 0.2) is 24.5 Å². The number of hydrogen-bond acceptors (Lipinski definition) is 2. The van der Waals surface area contributed by atoms with Gasteiger partial charge in [0.1, 0.15) is 12.1 Å². The van der Waals surface area contributed by atoms with Gasteiger partial charge in [0.2, 0.25) is 3.83 Å². The van der Waals surface area contributed by atoms with Gasteiger partial charge < -0.3 is 0 Å². The summed E-state index contributed by atoms with van der Waals surface area (Å²) in [5.74, 6) is -0.217. The lowest BCUT2D eigenvalue weighted by Crippen LogP contribution is -2.02. The summed E-state index contributed by atoms with van der Waals surface area (Å²) in [7, 11) is 0. The fourth-order valence-electron chi connectivity index (χ4n) is 1.33. The molecular weight excluding hydrogens is 308 g/mol. The first-order valence-electron chi connectivity index (χ1n) is 4.45. The lowest BCUT2D eigenvalue weighted by molar-refractivity contribution is 0.617. The van der Waals surface area contributed by atoms with E-state index in [1.165, 1.54) is 12.1 Å². The van der Waals surface area contributed by atoms with Crippen molar-refractivity contribution in [1.29, 1.82) is 0 Å². The molecule has 5 heteroatoms. The van der Waals surface area contributed by atoms with Gasteiger partial charge in [-0.1, -0.05) is 6.07 Å². The second kappa shape index (κ2) is 4.26. The molecular formula is C10H9FIN3. The highest BCUT2D eigenvalue weighted by molar-refractivity contribution is 14.1. The molecule has 0 amide bonds. The minimum absolute atomic E-state index is 0.217. The van der Waals surface area contributed by atoms with E-state index >= 15 is 0 Å². The molecule has 0 unspecified atom stereocenters. The van der Waals surface area contributed by atoms with E-state index in [-0.39, 0.29) is 5.82 Å². The molecule has 0 saturated heterocycles. The van der Waals surface area contributed by atoms with Crippen LogP contribution in [0.1, 0.15) is 11.1 Å². The van der Waals surface area contributed by atoms with Crippen molar-refractivity contribution in [3.63, 3.8) is 0 Å². The maximum atomic E-state index is 13.0. The number of nitrogens with zero attached hydrogens (tertiary/aromatic N) is 3. The zero-order valence-corrected chi connectivity index (χ0v) is 10.3. The number of aryl methyl sites for hydroxylation is 1. The summed E-state index contributed by atoms with van der Waals surface area (Å²) in [5.41, 5.74) is 1.98. The third-order valence-electron chi connectivity index (χ3n) is 2.15. The molecule has 0 spiro atoms. The van der Waals surface area contributed by atoms with Gasteiger partial charge in [-0.15, -0.1) is 5.10 Å². The van der Waals surface area contributed by atoms with Crippen molar-refractivity contribution >= 4 is 22.6 Å². The fraction of sp³-hybridized carbons (Fsp3) is 0.200. The van der Waals surface area contributed by atoms with Crippen LogP contribution in [0.25, 0.3) is 0 Å². The van der Waals surface area contributed by atoms with Gasteiger partial charge in [-0.05, 0) is 30.2 Å².